The summed E-state index contributed by atoms with van der Waals surface area (Å²) >= 11 is 0. The topological polar surface area (TPSA) is 117 Å². The first kappa shape index (κ1) is 29.2. The standard InChI is InChI=1S/C27H31F3N6O3S/c1-17-9-11-18(12-10-17)23(37)19-6-4-8-21(14-19)34-26-33-16-22(27(28,29)30)24(35-26)32-15-20-7-5-13-31-25(20)36(2)40(3,38)39/h4-8,13-14,16-18H,9-12,15H2,1-3H3,(H2,32,33,34,35). The second kappa shape index (κ2) is 11.8. The molecular formula is C27H31F3N6O3S. The second-order valence-electron chi connectivity index (χ2n) is 10.1. The monoisotopic (exact) mass is 576 g/mol. The molecule has 1 aliphatic rings. The average molecular weight is 577 g/mol. The number of Topliss-reactive ketones (excluding diaryl/α,β-unsaturated/α-hetero) is 1. The minimum atomic E-state index is -4.74. The van der Waals surface area contributed by atoms with E-state index in [0.717, 1.165) is 36.2 Å². The molecule has 1 fully saturated rings. The first-order valence-corrected chi connectivity index (χ1v) is 14.6. The summed E-state index contributed by atoms with van der Waals surface area (Å²) in [6, 6.07) is 9.86. The Balaban J connectivity index is 1.56. The van der Waals surface area contributed by atoms with Gasteiger partial charge in [0.2, 0.25) is 16.0 Å². The molecule has 9 nitrogen and oxygen atoms in total. The molecule has 4 rings (SSSR count). The van der Waals surface area contributed by atoms with E-state index < -0.39 is 27.6 Å². The average Bonchev–Trinajstić information content (AvgIpc) is 2.91. The fourth-order valence-electron chi connectivity index (χ4n) is 4.61. The van der Waals surface area contributed by atoms with Crippen molar-refractivity contribution in [1.82, 2.24) is 15.0 Å². The minimum Gasteiger partial charge on any atom is -0.365 e. The highest BCUT2D eigenvalue weighted by Crippen LogP contribution is 2.35. The molecule has 0 amide bonds. The Morgan fingerprint density at radius 1 is 1.10 bits per heavy atom. The lowest BCUT2D eigenvalue weighted by atomic mass is 9.79. The number of nitrogens with zero attached hydrogens (tertiary/aromatic N) is 4. The Labute approximate surface area is 231 Å². The lowest BCUT2D eigenvalue weighted by Crippen LogP contribution is -2.27. The van der Waals surface area contributed by atoms with Gasteiger partial charge in [0.25, 0.3) is 0 Å². The van der Waals surface area contributed by atoms with Gasteiger partial charge in [0, 0.05) is 48.7 Å². The van der Waals surface area contributed by atoms with Crippen LogP contribution in [-0.4, -0.2) is 42.5 Å². The highest BCUT2D eigenvalue weighted by atomic mass is 32.2. The number of halogens is 3. The first-order valence-electron chi connectivity index (χ1n) is 12.8. The fraction of sp³-hybridized carbons (Fsp3) is 0.407. The van der Waals surface area contributed by atoms with Crippen molar-refractivity contribution in [2.45, 2.75) is 45.3 Å². The molecule has 0 aliphatic heterocycles. The van der Waals surface area contributed by atoms with E-state index in [4.69, 9.17) is 0 Å². The highest BCUT2D eigenvalue weighted by molar-refractivity contribution is 7.92. The van der Waals surface area contributed by atoms with Crippen LogP contribution in [0.4, 0.5) is 36.4 Å². The molecule has 0 saturated heterocycles. The Bertz CT molecular complexity index is 1470. The molecule has 13 heteroatoms. The van der Waals surface area contributed by atoms with Crippen molar-refractivity contribution in [3.63, 3.8) is 0 Å². The van der Waals surface area contributed by atoms with Crippen LogP contribution in [0.15, 0.2) is 48.8 Å². The Morgan fingerprint density at radius 2 is 1.82 bits per heavy atom. The number of sulfonamides is 1. The third kappa shape index (κ3) is 7.06. The molecule has 40 heavy (non-hydrogen) atoms. The molecule has 214 valence electrons. The summed E-state index contributed by atoms with van der Waals surface area (Å²) in [5, 5.41) is 5.55. The number of carbonyl (C=O) groups excluding carboxylic acids is 1. The lowest BCUT2D eigenvalue weighted by molar-refractivity contribution is -0.137. The number of rotatable bonds is 9. The number of ketones is 1. The van der Waals surface area contributed by atoms with Crippen molar-refractivity contribution in [3.8, 4) is 0 Å². The largest absolute Gasteiger partial charge is 0.421 e. The smallest absolute Gasteiger partial charge is 0.365 e. The summed E-state index contributed by atoms with van der Waals surface area (Å²) in [6.45, 7) is 1.99. The van der Waals surface area contributed by atoms with Crippen molar-refractivity contribution in [1.29, 1.82) is 0 Å². The number of anilines is 4. The number of hydrogen-bond acceptors (Lipinski definition) is 8. The maximum absolute atomic E-state index is 13.8. The third-order valence-corrected chi connectivity index (χ3v) is 8.16. The molecule has 3 aromatic rings. The molecule has 2 aromatic heterocycles. The van der Waals surface area contributed by atoms with E-state index in [9.17, 15) is 26.4 Å². The highest BCUT2D eigenvalue weighted by Gasteiger charge is 2.35. The molecule has 0 atom stereocenters. The van der Waals surface area contributed by atoms with Gasteiger partial charge < -0.3 is 10.6 Å². The van der Waals surface area contributed by atoms with Gasteiger partial charge >= 0.3 is 6.18 Å². The Kier molecular flexibility index (Phi) is 8.62. The number of benzene rings is 1. The summed E-state index contributed by atoms with van der Waals surface area (Å²) in [7, 11) is -2.34. The van der Waals surface area contributed by atoms with E-state index in [-0.39, 0.29) is 30.0 Å². The van der Waals surface area contributed by atoms with E-state index in [1.54, 1.807) is 36.4 Å². The number of hydrogen-bond donors (Lipinski definition) is 2. The molecule has 1 aliphatic carbocycles. The van der Waals surface area contributed by atoms with Gasteiger partial charge in [0.1, 0.15) is 17.2 Å². The van der Waals surface area contributed by atoms with Crippen LogP contribution in [0.5, 0.6) is 0 Å². The molecule has 0 spiro atoms. The van der Waals surface area contributed by atoms with Crippen LogP contribution in [0.2, 0.25) is 0 Å². The Hall–Kier alpha value is -3.74. The van der Waals surface area contributed by atoms with Crippen LogP contribution in [0.3, 0.4) is 0 Å². The van der Waals surface area contributed by atoms with Gasteiger partial charge in [-0.1, -0.05) is 38.0 Å². The summed E-state index contributed by atoms with van der Waals surface area (Å²) in [5.74, 6) is 0.104. The molecular weight excluding hydrogens is 545 g/mol. The second-order valence-corrected chi connectivity index (χ2v) is 12.1. The Morgan fingerprint density at radius 3 is 2.50 bits per heavy atom. The van der Waals surface area contributed by atoms with E-state index in [1.807, 2.05) is 0 Å². The summed E-state index contributed by atoms with van der Waals surface area (Å²) < 4.78 is 66.2. The fourth-order valence-corrected chi connectivity index (χ4v) is 5.09. The zero-order chi connectivity index (χ0) is 29.1. The van der Waals surface area contributed by atoms with Gasteiger partial charge in [-0.05, 0) is 37.0 Å². The van der Waals surface area contributed by atoms with Gasteiger partial charge in [-0.3, -0.25) is 9.10 Å². The van der Waals surface area contributed by atoms with Gasteiger partial charge in [-0.25, -0.2) is 18.4 Å². The van der Waals surface area contributed by atoms with Crippen LogP contribution in [0.1, 0.15) is 54.1 Å². The summed E-state index contributed by atoms with van der Waals surface area (Å²) in [4.78, 5) is 25.0. The van der Waals surface area contributed by atoms with Crippen molar-refractivity contribution in [3.05, 3.63) is 65.5 Å². The van der Waals surface area contributed by atoms with Crippen LogP contribution < -0.4 is 14.9 Å². The minimum absolute atomic E-state index is 0.0383. The maximum Gasteiger partial charge on any atom is 0.421 e. The number of aromatic nitrogens is 3. The predicted molar refractivity (Wildman–Crippen MR) is 147 cm³/mol. The van der Waals surface area contributed by atoms with Gasteiger partial charge in [-0.2, -0.15) is 18.2 Å². The molecule has 0 unspecified atom stereocenters. The molecule has 1 aromatic carbocycles. The quantitative estimate of drug-likeness (QED) is 0.314. The number of carbonyl (C=O) groups is 1. The zero-order valence-corrected chi connectivity index (χ0v) is 23.2. The summed E-state index contributed by atoms with van der Waals surface area (Å²) in [5.41, 5.74) is 0.245. The van der Waals surface area contributed by atoms with Gasteiger partial charge in [-0.15, -0.1) is 0 Å². The van der Waals surface area contributed by atoms with E-state index in [0.29, 0.717) is 28.9 Å². The van der Waals surface area contributed by atoms with Crippen molar-refractivity contribution in [2.75, 3.05) is 28.2 Å². The van der Waals surface area contributed by atoms with Crippen LogP contribution in [0.25, 0.3) is 0 Å². The van der Waals surface area contributed by atoms with Gasteiger partial charge in [0.15, 0.2) is 5.78 Å². The molecule has 2 heterocycles. The van der Waals surface area contributed by atoms with Crippen LogP contribution in [-0.2, 0) is 22.7 Å². The van der Waals surface area contributed by atoms with Crippen LogP contribution >= 0.6 is 0 Å². The van der Waals surface area contributed by atoms with Crippen molar-refractivity contribution >= 4 is 39.1 Å². The molecule has 2 N–H and O–H groups in total. The number of nitrogens with one attached hydrogen (secondary N) is 2. The van der Waals surface area contributed by atoms with E-state index in [2.05, 4.69) is 32.5 Å². The number of pyridine rings is 1. The normalized spacial score (nSPS) is 17.8. The SMILES string of the molecule is CC1CCC(C(=O)c2cccc(Nc3ncc(C(F)(F)F)c(NCc4cccnc4N(C)S(C)(=O)=O)n3)c2)CC1. The summed E-state index contributed by atoms with van der Waals surface area (Å²) in [6.07, 6.45) is 2.02. The molecule has 1 saturated carbocycles. The van der Waals surface area contributed by atoms with E-state index in [1.165, 1.54) is 13.2 Å². The van der Waals surface area contributed by atoms with Crippen molar-refractivity contribution in [2.24, 2.45) is 11.8 Å². The number of alkyl halides is 3. The zero-order valence-electron chi connectivity index (χ0n) is 22.4. The maximum atomic E-state index is 13.8. The lowest BCUT2D eigenvalue weighted by Gasteiger charge is -2.25. The van der Waals surface area contributed by atoms with Crippen molar-refractivity contribution < 1.29 is 26.4 Å². The van der Waals surface area contributed by atoms with Crippen LogP contribution in [0, 0.1) is 11.8 Å². The third-order valence-electron chi connectivity index (χ3n) is 6.99. The molecule has 0 radical (unpaired) electrons. The predicted octanol–water partition coefficient (Wildman–Crippen LogP) is 5.65. The van der Waals surface area contributed by atoms with E-state index >= 15 is 0 Å². The first-order chi connectivity index (χ1) is 18.8. The van der Waals surface area contributed by atoms with Gasteiger partial charge in [0.05, 0.1) is 6.26 Å². The molecule has 0 bridgehead atoms.